The number of phosphoric ester groups is 2. The number of carbonyl (C=O) groups is 4. The van der Waals surface area contributed by atoms with Crippen molar-refractivity contribution in [2.45, 2.75) is 496 Å². The summed E-state index contributed by atoms with van der Waals surface area (Å²) in [7, 11) is -9.93. The molecule has 0 aliphatic carbocycles. The zero-order valence-electron chi connectivity index (χ0n) is 71.2. The van der Waals surface area contributed by atoms with Crippen LogP contribution in [0.4, 0.5) is 0 Å². The van der Waals surface area contributed by atoms with E-state index in [1.807, 2.05) is 0 Å². The summed E-state index contributed by atoms with van der Waals surface area (Å²) in [5.41, 5.74) is 0. The molecule has 0 aromatic carbocycles. The number of esters is 4. The molecule has 0 heterocycles. The number of aliphatic hydroxyl groups excluding tert-OH is 1. The van der Waals surface area contributed by atoms with Gasteiger partial charge in [-0.2, -0.15) is 0 Å². The third-order valence-electron chi connectivity index (χ3n) is 21.3. The highest BCUT2D eigenvalue weighted by molar-refractivity contribution is 7.47. The van der Waals surface area contributed by atoms with Gasteiger partial charge < -0.3 is 33.8 Å². The van der Waals surface area contributed by atoms with Crippen LogP contribution in [0.3, 0.4) is 0 Å². The molecule has 3 unspecified atom stereocenters. The third kappa shape index (κ3) is 80.7. The molecule has 0 rings (SSSR count). The largest absolute Gasteiger partial charge is 0.472 e. The number of hydrogen-bond acceptors (Lipinski definition) is 15. The van der Waals surface area contributed by atoms with Gasteiger partial charge in [0.05, 0.1) is 26.4 Å². The van der Waals surface area contributed by atoms with Crippen LogP contribution in [0, 0.1) is 11.8 Å². The van der Waals surface area contributed by atoms with E-state index in [9.17, 15) is 43.2 Å². The Morgan fingerprint density at radius 1 is 0.269 bits per heavy atom. The lowest BCUT2D eigenvalue weighted by atomic mass is 9.99. The molecule has 0 aliphatic rings. The van der Waals surface area contributed by atoms with Crippen molar-refractivity contribution in [1.29, 1.82) is 0 Å². The summed E-state index contributed by atoms with van der Waals surface area (Å²) in [5, 5.41) is 10.7. The highest BCUT2D eigenvalue weighted by Gasteiger charge is 2.31. The maximum atomic E-state index is 13.2. The average molecular weight is 1580 g/mol. The first kappa shape index (κ1) is 106. The minimum atomic E-state index is -4.97. The van der Waals surface area contributed by atoms with E-state index >= 15 is 0 Å². The maximum Gasteiger partial charge on any atom is 0.472 e. The fourth-order valence-electron chi connectivity index (χ4n) is 13.9. The normalized spacial score (nSPS) is 14.0. The molecule has 0 radical (unpaired) electrons. The van der Waals surface area contributed by atoms with E-state index in [1.165, 1.54) is 295 Å². The summed E-state index contributed by atoms with van der Waals surface area (Å²) < 4.78 is 69.0. The van der Waals surface area contributed by atoms with Crippen LogP contribution in [-0.2, 0) is 65.4 Å². The third-order valence-corrected chi connectivity index (χ3v) is 23.2. The molecule has 642 valence electrons. The lowest BCUT2D eigenvalue weighted by Gasteiger charge is -2.21. The number of carbonyl (C=O) groups excluding carboxylic acids is 4. The second kappa shape index (κ2) is 80.3. The van der Waals surface area contributed by atoms with E-state index in [0.717, 1.165) is 102 Å². The Hall–Kier alpha value is -1.94. The van der Waals surface area contributed by atoms with Crippen molar-refractivity contribution in [3.63, 3.8) is 0 Å². The number of aliphatic hydroxyl groups is 1. The topological polar surface area (TPSA) is 237 Å². The van der Waals surface area contributed by atoms with Crippen LogP contribution in [0.25, 0.3) is 0 Å². The van der Waals surface area contributed by atoms with Crippen molar-refractivity contribution in [2.75, 3.05) is 39.6 Å². The SMILES string of the molecule is CCCCCCCCCCCCCCCCCCCCCCC(=O)OC[C@H](COP(=O)(O)OC[C@@H](O)COP(=O)(O)OC[C@@H](COC(=O)CCCCCCCCCCCCCCC)OC(=O)CCCCCCCCCCCCC(C)CC)OC(=O)CCCCCCCCCCCCCCCCCCCCC(C)C. The Labute approximate surface area is 664 Å². The summed E-state index contributed by atoms with van der Waals surface area (Å²) in [5.74, 6) is -0.474. The van der Waals surface area contributed by atoms with Crippen molar-refractivity contribution in [1.82, 2.24) is 0 Å². The Balaban J connectivity index is 5.25. The van der Waals surface area contributed by atoms with Crippen LogP contribution >= 0.6 is 15.6 Å². The Kier molecular flexibility index (Phi) is 78.8. The maximum absolute atomic E-state index is 13.2. The Morgan fingerprint density at radius 3 is 0.704 bits per heavy atom. The highest BCUT2D eigenvalue weighted by Crippen LogP contribution is 2.45. The molecule has 0 fully saturated rings. The molecule has 6 atom stereocenters. The predicted octanol–water partition coefficient (Wildman–Crippen LogP) is 27.4. The van der Waals surface area contributed by atoms with Gasteiger partial charge in [-0.3, -0.25) is 37.3 Å². The first-order chi connectivity index (χ1) is 52.4. The van der Waals surface area contributed by atoms with Crippen molar-refractivity contribution >= 4 is 39.5 Å². The van der Waals surface area contributed by atoms with Crippen LogP contribution in [0.15, 0.2) is 0 Å². The van der Waals surface area contributed by atoms with E-state index in [-0.39, 0.29) is 25.7 Å². The van der Waals surface area contributed by atoms with Gasteiger partial charge in [-0.25, -0.2) is 9.13 Å². The number of rotatable bonds is 88. The van der Waals surface area contributed by atoms with Gasteiger partial charge in [0.1, 0.15) is 19.3 Å². The van der Waals surface area contributed by atoms with Gasteiger partial charge in [-0.05, 0) is 37.5 Å². The summed E-state index contributed by atoms with van der Waals surface area (Å²) in [4.78, 5) is 73.4. The van der Waals surface area contributed by atoms with E-state index in [4.69, 9.17) is 37.0 Å². The predicted molar refractivity (Wildman–Crippen MR) is 446 cm³/mol. The Morgan fingerprint density at radius 2 is 0.472 bits per heavy atom. The van der Waals surface area contributed by atoms with Gasteiger partial charge in [0, 0.05) is 25.7 Å². The molecule has 0 amide bonds. The molecule has 0 spiro atoms. The number of ether oxygens (including phenoxy) is 4. The molecule has 0 bridgehead atoms. The lowest BCUT2D eigenvalue weighted by molar-refractivity contribution is -0.161. The van der Waals surface area contributed by atoms with Crippen LogP contribution in [0.2, 0.25) is 0 Å². The lowest BCUT2D eigenvalue weighted by Crippen LogP contribution is -2.30. The molecule has 0 aromatic rings. The van der Waals surface area contributed by atoms with Crippen molar-refractivity contribution in [3.05, 3.63) is 0 Å². The number of unbranched alkanes of at least 4 members (excludes halogenated alkanes) is 57. The zero-order valence-corrected chi connectivity index (χ0v) is 73.0. The van der Waals surface area contributed by atoms with Crippen LogP contribution in [0.5, 0.6) is 0 Å². The first-order valence-electron chi connectivity index (χ1n) is 46.0. The molecular weight excluding hydrogens is 1400 g/mol. The molecule has 0 saturated heterocycles. The molecule has 0 aliphatic heterocycles. The molecule has 0 saturated carbocycles. The van der Waals surface area contributed by atoms with Gasteiger partial charge in [-0.1, -0.05) is 427 Å². The molecule has 19 heteroatoms. The van der Waals surface area contributed by atoms with Gasteiger partial charge >= 0.3 is 39.5 Å². The number of phosphoric acid groups is 2. The average Bonchev–Trinajstić information content (AvgIpc) is 0.900. The summed E-state index contributed by atoms with van der Waals surface area (Å²) >= 11 is 0. The second-order valence-electron chi connectivity index (χ2n) is 32.7. The highest BCUT2D eigenvalue weighted by atomic mass is 31.2. The van der Waals surface area contributed by atoms with E-state index < -0.39 is 97.5 Å². The van der Waals surface area contributed by atoms with Crippen LogP contribution in [0.1, 0.15) is 478 Å². The van der Waals surface area contributed by atoms with Gasteiger partial charge in [0.15, 0.2) is 12.2 Å². The van der Waals surface area contributed by atoms with Crippen molar-refractivity contribution in [3.8, 4) is 0 Å². The van der Waals surface area contributed by atoms with E-state index in [0.29, 0.717) is 25.7 Å². The van der Waals surface area contributed by atoms with Crippen molar-refractivity contribution < 1.29 is 80.2 Å². The minimum absolute atomic E-state index is 0.107. The smallest absolute Gasteiger partial charge is 0.462 e. The van der Waals surface area contributed by atoms with Gasteiger partial charge in [-0.15, -0.1) is 0 Å². The van der Waals surface area contributed by atoms with Crippen molar-refractivity contribution in [2.24, 2.45) is 11.8 Å². The monoisotopic (exact) mass is 1580 g/mol. The molecule has 17 nitrogen and oxygen atoms in total. The minimum Gasteiger partial charge on any atom is -0.462 e. The van der Waals surface area contributed by atoms with Crippen LogP contribution in [-0.4, -0.2) is 96.7 Å². The fourth-order valence-corrected chi connectivity index (χ4v) is 15.5. The summed E-state index contributed by atoms with van der Waals surface area (Å²) in [6.45, 7) is 9.75. The zero-order chi connectivity index (χ0) is 79.2. The van der Waals surface area contributed by atoms with E-state index in [1.54, 1.807) is 0 Å². The fraction of sp³-hybridized carbons (Fsp3) is 0.955. The second-order valence-corrected chi connectivity index (χ2v) is 35.6. The van der Waals surface area contributed by atoms with Gasteiger partial charge in [0.2, 0.25) is 0 Å². The Bertz CT molecular complexity index is 2070. The molecule has 108 heavy (non-hydrogen) atoms. The summed E-state index contributed by atoms with van der Waals surface area (Å²) in [6, 6.07) is 0. The van der Waals surface area contributed by atoms with E-state index in [2.05, 4.69) is 41.5 Å². The molecule has 3 N–H and O–H groups in total. The molecule has 0 aromatic heterocycles. The summed E-state index contributed by atoms with van der Waals surface area (Å²) in [6.07, 6.45) is 73.5. The standard InChI is InChI=1S/C89H174O17P2/c1-7-10-12-14-16-18-20-22-23-24-25-26-30-33-37-41-48-54-60-66-72-87(92)100-77-84(105-88(93)73-67-61-55-49-42-38-34-31-28-27-29-32-36-39-45-51-57-63-69-81(4)5)79-103-107(95,96)101-75-83(90)76-102-108(97,98)104-80-85(78-99-86(91)71-65-59-53-47-40-35-21-19-17-15-13-11-8-2)106-89(94)74-68-62-56-50-44-43-46-52-58-64-70-82(6)9-3/h81-85,90H,7-80H2,1-6H3,(H,95,96)(H,97,98)/t82?,83-,84-,85-/m1/s1. The quantitative estimate of drug-likeness (QED) is 0.0222. The molecular formula is C89H174O17P2. The number of hydrogen-bond donors (Lipinski definition) is 3. The first-order valence-corrected chi connectivity index (χ1v) is 49.0. The van der Waals surface area contributed by atoms with Crippen LogP contribution < -0.4 is 0 Å². The van der Waals surface area contributed by atoms with Gasteiger partial charge in [0.25, 0.3) is 0 Å².